The first kappa shape index (κ1) is 11.1. The molecule has 0 amide bonds. The van der Waals surface area contributed by atoms with Gasteiger partial charge >= 0.3 is 0 Å². The second-order valence-corrected chi connectivity index (χ2v) is 7.53. The van der Waals surface area contributed by atoms with E-state index in [-0.39, 0.29) is 6.10 Å². The van der Waals surface area contributed by atoms with E-state index in [9.17, 15) is 5.11 Å². The van der Waals surface area contributed by atoms with Gasteiger partial charge in [-0.2, -0.15) is 0 Å². The molecule has 6 atom stereocenters. The molecule has 0 heterocycles. The zero-order chi connectivity index (χ0) is 11.7. The third-order valence-corrected chi connectivity index (χ3v) is 6.86. The summed E-state index contributed by atoms with van der Waals surface area (Å²) >= 11 is 0. The normalized spacial score (nSPS) is 58.7. The van der Waals surface area contributed by atoms with Gasteiger partial charge in [0.1, 0.15) is 0 Å². The highest BCUT2D eigenvalue weighted by Gasteiger charge is 2.66. The quantitative estimate of drug-likeness (QED) is 0.665. The third-order valence-electron chi connectivity index (χ3n) is 6.86. The molecule has 0 unspecified atom stereocenters. The first-order chi connectivity index (χ1) is 7.39. The summed E-state index contributed by atoms with van der Waals surface area (Å²) in [5, 5.41) is 10.2. The molecule has 1 spiro atoms. The van der Waals surface area contributed by atoms with E-state index >= 15 is 0 Å². The minimum atomic E-state index is -0.0290. The van der Waals surface area contributed by atoms with E-state index in [0.29, 0.717) is 16.7 Å². The Morgan fingerprint density at radius 2 is 1.88 bits per heavy atom. The van der Waals surface area contributed by atoms with Gasteiger partial charge in [0.05, 0.1) is 6.10 Å². The highest BCUT2D eigenvalue weighted by Crippen LogP contribution is 2.72. The van der Waals surface area contributed by atoms with Crippen LogP contribution in [0.4, 0.5) is 0 Å². The van der Waals surface area contributed by atoms with Crippen molar-refractivity contribution in [2.75, 3.05) is 0 Å². The summed E-state index contributed by atoms with van der Waals surface area (Å²) in [6.07, 6.45) is 5.19. The molecule has 2 bridgehead atoms. The van der Waals surface area contributed by atoms with Crippen LogP contribution >= 0.6 is 0 Å². The highest BCUT2D eigenvalue weighted by atomic mass is 16.3. The second-order valence-electron chi connectivity index (χ2n) is 7.53. The van der Waals surface area contributed by atoms with Crippen molar-refractivity contribution >= 4 is 0 Å². The topological polar surface area (TPSA) is 20.2 Å². The summed E-state index contributed by atoms with van der Waals surface area (Å²) < 4.78 is 0. The molecule has 0 saturated heterocycles. The van der Waals surface area contributed by atoms with Crippen molar-refractivity contribution in [3.63, 3.8) is 0 Å². The second kappa shape index (κ2) is 3.04. The molecule has 1 nitrogen and oxygen atoms in total. The molecule has 3 aliphatic rings. The highest BCUT2D eigenvalue weighted by molar-refractivity contribution is 5.15. The van der Waals surface area contributed by atoms with Gasteiger partial charge in [0.15, 0.2) is 0 Å². The monoisotopic (exact) mass is 222 g/mol. The molecular formula is C15H26O. The van der Waals surface area contributed by atoms with Crippen LogP contribution in [0.5, 0.6) is 0 Å². The average Bonchev–Trinajstić information content (AvgIpc) is 2.57. The van der Waals surface area contributed by atoms with Gasteiger partial charge in [-0.05, 0) is 60.2 Å². The molecular weight excluding hydrogens is 196 g/mol. The number of hydrogen-bond donors (Lipinski definition) is 1. The fourth-order valence-corrected chi connectivity index (χ4v) is 5.82. The molecule has 0 aromatic heterocycles. The molecule has 0 aromatic rings. The number of aliphatic hydroxyl groups is 1. The summed E-state index contributed by atoms with van der Waals surface area (Å²) in [4.78, 5) is 0. The van der Waals surface area contributed by atoms with Crippen LogP contribution in [-0.2, 0) is 0 Å². The summed E-state index contributed by atoms with van der Waals surface area (Å²) in [5.74, 6) is 3.12. The Hall–Kier alpha value is -0.0400. The molecule has 3 fully saturated rings. The van der Waals surface area contributed by atoms with E-state index in [4.69, 9.17) is 0 Å². The number of aliphatic hydroxyl groups excluding tert-OH is 1. The maximum absolute atomic E-state index is 10.2. The van der Waals surface area contributed by atoms with Crippen molar-refractivity contribution in [3.05, 3.63) is 0 Å². The van der Waals surface area contributed by atoms with E-state index in [1.54, 1.807) is 0 Å². The van der Waals surface area contributed by atoms with E-state index in [2.05, 4.69) is 27.7 Å². The Bertz CT molecular complexity index is 309. The van der Waals surface area contributed by atoms with Gasteiger partial charge in [-0.3, -0.25) is 0 Å². The zero-order valence-electron chi connectivity index (χ0n) is 11.2. The van der Waals surface area contributed by atoms with Crippen molar-refractivity contribution in [1.82, 2.24) is 0 Å². The lowest BCUT2D eigenvalue weighted by atomic mass is 9.65. The third kappa shape index (κ3) is 1.06. The van der Waals surface area contributed by atoms with Crippen molar-refractivity contribution in [1.29, 1.82) is 0 Å². The van der Waals surface area contributed by atoms with E-state index < -0.39 is 0 Å². The van der Waals surface area contributed by atoms with Crippen molar-refractivity contribution < 1.29 is 5.11 Å². The molecule has 16 heavy (non-hydrogen) atoms. The van der Waals surface area contributed by atoms with Crippen LogP contribution in [0, 0.1) is 34.5 Å². The minimum Gasteiger partial charge on any atom is -0.393 e. The van der Waals surface area contributed by atoms with Crippen LogP contribution in [0.2, 0.25) is 0 Å². The first-order valence-corrected chi connectivity index (χ1v) is 7.07. The van der Waals surface area contributed by atoms with Crippen LogP contribution in [0.25, 0.3) is 0 Å². The van der Waals surface area contributed by atoms with Gasteiger partial charge in [-0.25, -0.2) is 0 Å². The maximum atomic E-state index is 10.2. The van der Waals surface area contributed by atoms with Gasteiger partial charge in [-0.15, -0.1) is 0 Å². The predicted octanol–water partition coefficient (Wildman–Crippen LogP) is 3.47. The van der Waals surface area contributed by atoms with Crippen molar-refractivity contribution in [2.45, 2.75) is 59.5 Å². The summed E-state index contributed by atoms with van der Waals surface area (Å²) in [7, 11) is 0. The largest absolute Gasteiger partial charge is 0.393 e. The Labute approximate surface area is 99.6 Å². The summed E-state index contributed by atoms with van der Waals surface area (Å²) in [5.41, 5.74) is 0.960. The van der Waals surface area contributed by atoms with Gasteiger partial charge in [0, 0.05) is 0 Å². The Morgan fingerprint density at radius 1 is 1.19 bits per heavy atom. The Kier molecular flexibility index (Phi) is 2.11. The van der Waals surface area contributed by atoms with Gasteiger partial charge < -0.3 is 5.11 Å². The van der Waals surface area contributed by atoms with Gasteiger partial charge in [0.25, 0.3) is 0 Å². The smallest absolute Gasteiger partial charge is 0.0574 e. The molecule has 1 heteroatoms. The van der Waals surface area contributed by atoms with E-state index in [1.165, 1.54) is 19.3 Å². The van der Waals surface area contributed by atoms with Crippen molar-refractivity contribution in [3.8, 4) is 0 Å². The fourth-order valence-electron chi connectivity index (χ4n) is 5.82. The van der Waals surface area contributed by atoms with Crippen LogP contribution < -0.4 is 0 Å². The number of rotatable bonds is 0. The Morgan fingerprint density at radius 3 is 2.56 bits per heavy atom. The van der Waals surface area contributed by atoms with Crippen molar-refractivity contribution in [2.24, 2.45) is 34.5 Å². The summed E-state index contributed by atoms with van der Waals surface area (Å²) in [6, 6.07) is 0. The van der Waals surface area contributed by atoms with Crippen LogP contribution in [-0.4, -0.2) is 11.2 Å². The molecule has 3 rings (SSSR count). The zero-order valence-corrected chi connectivity index (χ0v) is 11.2. The predicted molar refractivity (Wildman–Crippen MR) is 66.0 cm³/mol. The standard InChI is InChI=1S/C15H26O/c1-9-5-6-15-8-11(9)14(3,4)13(15)7-12(16)10(15)2/h9-13,16H,5-8H2,1-4H3/t9-,10-,11-,12+,13+,15-/m1/s1. The maximum Gasteiger partial charge on any atom is 0.0574 e. The lowest BCUT2D eigenvalue weighted by molar-refractivity contribution is 0.0461. The van der Waals surface area contributed by atoms with Gasteiger partial charge in [-0.1, -0.05) is 27.7 Å². The SMILES string of the molecule is C[C@@H]1CC[C@]23C[C@H]1C(C)(C)[C@@H]2C[C@H](O)[C@H]3C. The number of hydrogen-bond acceptors (Lipinski definition) is 1. The van der Waals surface area contributed by atoms with Crippen LogP contribution in [0.15, 0.2) is 0 Å². The molecule has 0 aliphatic heterocycles. The molecule has 1 N–H and O–H groups in total. The van der Waals surface area contributed by atoms with E-state index in [0.717, 1.165) is 24.2 Å². The van der Waals surface area contributed by atoms with Crippen LogP contribution in [0.1, 0.15) is 53.4 Å². The first-order valence-electron chi connectivity index (χ1n) is 7.07. The summed E-state index contributed by atoms with van der Waals surface area (Å²) in [6.45, 7) is 9.69. The Balaban J connectivity index is 2.04. The molecule has 0 aromatic carbocycles. The van der Waals surface area contributed by atoms with Gasteiger partial charge in [0.2, 0.25) is 0 Å². The lowest BCUT2D eigenvalue weighted by Crippen LogP contribution is -2.33. The minimum absolute atomic E-state index is 0.0290. The van der Waals surface area contributed by atoms with E-state index in [1.807, 2.05) is 0 Å². The lowest BCUT2D eigenvalue weighted by Gasteiger charge is -2.40. The molecule has 3 saturated carbocycles. The molecule has 92 valence electrons. The fraction of sp³-hybridized carbons (Fsp3) is 1.00. The molecule has 0 radical (unpaired) electrons. The number of fused-ring (bicyclic) bond motifs is 1. The average molecular weight is 222 g/mol. The van der Waals surface area contributed by atoms with Crippen LogP contribution in [0.3, 0.4) is 0 Å². The molecule has 3 aliphatic carbocycles.